The second kappa shape index (κ2) is 5.87. The average molecular weight is 306 g/mol. The van der Waals surface area contributed by atoms with Crippen molar-refractivity contribution < 1.29 is 19.4 Å². The number of amides is 1. The van der Waals surface area contributed by atoms with Crippen LogP contribution in [0.1, 0.15) is 43.2 Å². The van der Waals surface area contributed by atoms with Gasteiger partial charge in [0.15, 0.2) is 0 Å². The van der Waals surface area contributed by atoms with Crippen LogP contribution < -0.4 is 0 Å². The maximum Gasteiger partial charge on any atom is 0.410 e. The smallest absolute Gasteiger partial charge is 0.410 e. The Kier molecular flexibility index (Phi) is 4.30. The van der Waals surface area contributed by atoms with Crippen molar-refractivity contribution in [1.82, 2.24) is 9.47 Å². The molecule has 1 aromatic heterocycles. The Morgan fingerprint density at radius 2 is 2.00 bits per heavy atom. The number of carboxylic acid groups (broad SMARTS) is 1. The fourth-order valence-corrected chi connectivity index (χ4v) is 2.38. The van der Waals surface area contributed by atoms with Gasteiger partial charge >= 0.3 is 12.1 Å². The molecule has 0 saturated carbocycles. The first-order valence-corrected chi connectivity index (χ1v) is 7.24. The highest BCUT2D eigenvalue weighted by molar-refractivity contribution is 5.87. The predicted molar refractivity (Wildman–Crippen MR) is 82.8 cm³/mol. The van der Waals surface area contributed by atoms with E-state index in [4.69, 9.17) is 9.84 Å². The van der Waals surface area contributed by atoms with E-state index in [9.17, 15) is 9.59 Å². The lowest BCUT2D eigenvalue weighted by Gasteiger charge is -2.29. The van der Waals surface area contributed by atoms with Crippen LogP contribution in [0.4, 0.5) is 4.79 Å². The summed E-state index contributed by atoms with van der Waals surface area (Å²) in [5.74, 6) is -0.944. The van der Waals surface area contributed by atoms with Crippen LogP contribution >= 0.6 is 0 Å². The highest BCUT2D eigenvalue weighted by Crippen LogP contribution is 2.25. The van der Waals surface area contributed by atoms with Crippen LogP contribution in [-0.4, -0.2) is 45.3 Å². The van der Waals surface area contributed by atoms with Gasteiger partial charge in [0.1, 0.15) is 11.3 Å². The van der Waals surface area contributed by atoms with Gasteiger partial charge in [-0.05, 0) is 44.4 Å². The molecule has 0 saturated heterocycles. The maximum absolute atomic E-state index is 12.0. The average Bonchev–Trinajstić information content (AvgIpc) is 2.79. The first-order valence-electron chi connectivity index (χ1n) is 7.24. The van der Waals surface area contributed by atoms with E-state index in [2.05, 4.69) is 0 Å². The minimum Gasteiger partial charge on any atom is -0.477 e. The zero-order valence-electron chi connectivity index (χ0n) is 13.4. The summed E-state index contributed by atoms with van der Waals surface area (Å²) in [5, 5.41) is 9.09. The molecule has 0 spiro atoms. The number of carbonyl (C=O) groups is 2. The molecule has 2 rings (SSSR count). The molecule has 0 atom stereocenters. The summed E-state index contributed by atoms with van der Waals surface area (Å²) in [6.45, 7) is 6.56. The lowest BCUT2D eigenvalue weighted by molar-refractivity contribution is 0.0270. The van der Waals surface area contributed by atoms with E-state index in [-0.39, 0.29) is 11.8 Å². The Morgan fingerprint density at radius 3 is 2.45 bits per heavy atom. The molecule has 6 nitrogen and oxygen atoms in total. The van der Waals surface area contributed by atoms with Gasteiger partial charge in [-0.3, -0.25) is 0 Å². The zero-order chi connectivity index (χ0) is 16.5. The van der Waals surface area contributed by atoms with Crippen LogP contribution in [0.2, 0.25) is 0 Å². The molecule has 1 amide bonds. The quantitative estimate of drug-likeness (QED) is 0.912. The fraction of sp³-hybridized carbons (Fsp3) is 0.500. The summed E-state index contributed by atoms with van der Waals surface area (Å²) < 4.78 is 6.94. The number of carbonyl (C=O) groups excluding carboxylic acids is 1. The molecule has 6 heteroatoms. The highest BCUT2D eigenvalue weighted by atomic mass is 16.6. The standard InChI is InChI=1S/C16H22N2O4/c1-16(2,3)22-15(21)18-7-5-11(6-8-18)12-9-13(14(19)20)17(4)10-12/h5,9-10H,6-8H2,1-4H3,(H,19,20). The molecule has 0 radical (unpaired) electrons. The van der Waals surface area contributed by atoms with E-state index < -0.39 is 11.6 Å². The molecule has 0 fully saturated rings. The second-order valence-electron chi connectivity index (χ2n) is 6.44. The minimum absolute atomic E-state index is 0.255. The molecule has 2 heterocycles. The number of aromatic carboxylic acids is 1. The SMILES string of the molecule is Cn1cc(C2=CCN(C(=O)OC(C)(C)C)CC2)cc1C(=O)O. The van der Waals surface area contributed by atoms with E-state index in [1.165, 1.54) is 0 Å². The molecule has 1 aromatic rings. The number of nitrogens with zero attached hydrogens (tertiary/aromatic N) is 2. The molecule has 120 valence electrons. The molecule has 0 bridgehead atoms. The number of carboxylic acids is 1. The number of hydrogen-bond donors (Lipinski definition) is 1. The monoisotopic (exact) mass is 306 g/mol. The van der Waals surface area contributed by atoms with Gasteiger partial charge in [-0.2, -0.15) is 0 Å². The topological polar surface area (TPSA) is 71.8 Å². The van der Waals surface area contributed by atoms with Crippen molar-refractivity contribution in [1.29, 1.82) is 0 Å². The van der Waals surface area contributed by atoms with E-state index in [1.54, 1.807) is 28.8 Å². The van der Waals surface area contributed by atoms with Crippen LogP contribution in [0.15, 0.2) is 18.3 Å². The molecule has 1 N–H and O–H groups in total. The predicted octanol–water partition coefficient (Wildman–Crippen LogP) is 2.75. The number of ether oxygens (including phenoxy) is 1. The van der Waals surface area contributed by atoms with Gasteiger partial charge in [-0.25, -0.2) is 9.59 Å². The molecule has 1 aliphatic heterocycles. The first-order chi connectivity index (χ1) is 10.2. The first kappa shape index (κ1) is 16.1. The largest absolute Gasteiger partial charge is 0.477 e. The Bertz CT molecular complexity index is 623. The van der Waals surface area contributed by atoms with E-state index in [0.29, 0.717) is 19.5 Å². The highest BCUT2D eigenvalue weighted by Gasteiger charge is 2.24. The molecule has 1 aliphatic rings. The van der Waals surface area contributed by atoms with Gasteiger partial charge < -0.3 is 19.3 Å². The van der Waals surface area contributed by atoms with Crippen LogP contribution in [0.25, 0.3) is 5.57 Å². The summed E-state index contributed by atoms with van der Waals surface area (Å²) in [7, 11) is 1.71. The summed E-state index contributed by atoms with van der Waals surface area (Å²) in [6.07, 6.45) is 4.12. The van der Waals surface area contributed by atoms with Gasteiger partial charge in [0, 0.05) is 26.3 Å². The third-order valence-electron chi connectivity index (χ3n) is 3.46. The Morgan fingerprint density at radius 1 is 1.32 bits per heavy atom. The van der Waals surface area contributed by atoms with E-state index in [1.807, 2.05) is 26.8 Å². The Labute approximate surface area is 130 Å². The lowest BCUT2D eigenvalue weighted by Crippen LogP contribution is -2.39. The van der Waals surface area contributed by atoms with Crippen molar-refractivity contribution in [3.05, 3.63) is 29.6 Å². The van der Waals surface area contributed by atoms with Crippen LogP contribution in [0.3, 0.4) is 0 Å². The summed E-state index contributed by atoms with van der Waals surface area (Å²) >= 11 is 0. The molecule has 0 unspecified atom stereocenters. The number of hydrogen-bond acceptors (Lipinski definition) is 3. The minimum atomic E-state index is -0.944. The molecular weight excluding hydrogens is 284 g/mol. The number of aromatic nitrogens is 1. The second-order valence-corrected chi connectivity index (χ2v) is 6.44. The number of rotatable bonds is 2. The van der Waals surface area contributed by atoms with Crippen molar-refractivity contribution in [3.8, 4) is 0 Å². The molecule has 0 aliphatic carbocycles. The van der Waals surface area contributed by atoms with Crippen molar-refractivity contribution >= 4 is 17.6 Å². The van der Waals surface area contributed by atoms with Crippen LogP contribution in [-0.2, 0) is 11.8 Å². The van der Waals surface area contributed by atoms with Gasteiger partial charge in [-0.15, -0.1) is 0 Å². The van der Waals surface area contributed by atoms with Crippen molar-refractivity contribution in [3.63, 3.8) is 0 Å². The fourth-order valence-electron chi connectivity index (χ4n) is 2.38. The molecule has 0 aromatic carbocycles. The number of aryl methyl sites for hydroxylation is 1. The van der Waals surface area contributed by atoms with Crippen LogP contribution in [0, 0.1) is 0 Å². The van der Waals surface area contributed by atoms with Crippen molar-refractivity contribution in [2.24, 2.45) is 7.05 Å². The maximum atomic E-state index is 12.0. The normalized spacial score (nSPS) is 15.5. The van der Waals surface area contributed by atoms with Gasteiger partial charge in [-0.1, -0.05) is 6.08 Å². The van der Waals surface area contributed by atoms with Crippen LogP contribution in [0.5, 0.6) is 0 Å². The lowest BCUT2D eigenvalue weighted by atomic mass is 10.0. The van der Waals surface area contributed by atoms with Gasteiger partial charge in [0.25, 0.3) is 0 Å². The van der Waals surface area contributed by atoms with Gasteiger partial charge in [0.2, 0.25) is 0 Å². The third kappa shape index (κ3) is 3.69. The summed E-state index contributed by atoms with van der Waals surface area (Å²) in [5.41, 5.74) is 1.70. The summed E-state index contributed by atoms with van der Waals surface area (Å²) in [6, 6.07) is 1.66. The Balaban J connectivity index is 2.07. The van der Waals surface area contributed by atoms with Gasteiger partial charge in [0.05, 0.1) is 0 Å². The van der Waals surface area contributed by atoms with E-state index in [0.717, 1.165) is 11.1 Å². The Hall–Kier alpha value is -2.24. The van der Waals surface area contributed by atoms with Crippen molar-refractivity contribution in [2.45, 2.75) is 32.8 Å². The third-order valence-corrected chi connectivity index (χ3v) is 3.46. The zero-order valence-corrected chi connectivity index (χ0v) is 13.4. The van der Waals surface area contributed by atoms with Crippen molar-refractivity contribution in [2.75, 3.05) is 13.1 Å². The molecular formula is C16H22N2O4. The summed E-state index contributed by atoms with van der Waals surface area (Å²) in [4.78, 5) is 24.7. The van der Waals surface area contributed by atoms with E-state index >= 15 is 0 Å². The molecule has 22 heavy (non-hydrogen) atoms.